The van der Waals surface area contributed by atoms with E-state index in [4.69, 9.17) is 23.2 Å². The van der Waals surface area contributed by atoms with Crippen LogP contribution in [0, 0.1) is 5.41 Å². The second kappa shape index (κ2) is 7.21. The van der Waals surface area contributed by atoms with Crippen molar-refractivity contribution < 1.29 is 9.90 Å². The Hall–Kier alpha value is -0.970. The molecular weight excluding hydrogens is 371 g/mol. The second-order valence-corrected chi connectivity index (χ2v) is 8.90. The molecule has 2 saturated heterocycles. The fourth-order valence-corrected chi connectivity index (χ4v) is 5.69. The quantitative estimate of drug-likeness (QED) is 0.817. The van der Waals surface area contributed by atoms with Crippen LogP contribution >= 0.6 is 23.2 Å². The Morgan fingerprint density at radius 2 is 1.73 bits per heavy atom. The number of para-hydroxylation sites is 1. The SMILES string of the molecule is O=C1N(C2CCC(O)CC2)CC[C@]12CCCN(c1c(Cl)cccc1Cl)C2. The molecule has 1 saturated carbocycles. The van der Waals surface area contributed by atoms with E-state index >= 15 is 0 Å². The zero-order chi connectivity index (χ0) is 18.3. The van der Waals surface area contributed by atoms with Gasteiger partial charge in [-0.1, -0.05) is 29.3 Å². The third-order valence-corrected chi connectivity index (χ3v) is 7.09. The third kappa shape index (κ3) is 3.21. The van der Waals surface area contributed by atoms with E-state index in [2.05, 4.69) is 9.80 Å². The van der Waals surface area contributed by atoms with Crippen LogP contribution in [0.1, 0.15) is 44.9 Å². The Balaban J connectivity index is 1.53. The van der Waals surface area contributed by atoms with Crippen LogP contribution in [-0.4, -0.2) is 47.7 Å². The van der Waals surface area contributed by atoms with Gasteiger partial charge in [-0.15, -0.1) is 0 Å². The van der Waals surface area contributed by atoms with Gasteiger partial charge in [0.15, 0.2) is 0 Å². The van der Waals surface area contributed by atoms with Crippen molar-refractivity contribution in [1.82, 2.24) is 4.90 Å². The molecule has 2 heterocycles. The summed E-state index contributed by atoms with van der Waals surface area (Å²) in [6.07, 6.45) is 6.09. The van der Waals surface area contributed by atoms with Crippen LogP contribution in [0.2, 0.25) is 10.0 Å². The summed E-state index contributed by atoms with van der Waals surface area (Å²) in [5.41, 5.74) is 0.554. The van der Waals surface area contributed by atoms with Gasteiger partial charge >= 0.3 is 0 Å². The van der Waals surface area contributed by atoms with Crippen LogP contribution in [0.15, 0.2) is 18.2 Å². The maximum absolute atomic E-state index is 13.4. The molecule has 0 aromatic heterocycles. The largest absolute Gasteiger partial charge is 0.393 e. The first-order valence-corrected chi connectivity index (χ1v) is 10.4. The molecule has 1 aromatic rings. The zero-order valence-corrected chi connectivity index (χ0v) is 16.5. The molecule has 1 aliphatic carbocycles. The molecule has 3 aliphatic rings. The predicted molar refractivity (Wildman–Crippen MR) is 105 cm³/mol. The molecule has 0 unspecified atom stereocenters. The van der Waals surface area contributed by atoms with E-state index in [9.17, 15) is 9.90 Å². The van der Waals surface area contributed by atoms with Crippen LogP contribution in [-0.2, 0) is 4.79 Å². The number of halogens is 2. The number of piperidine rings is 1. The van der Waals surface area contributed by atoms with E-state index in [1.807, 2.05) is 18.2 Å². The number of benzene rings is 1. The summed E-state index contributed by atoms with van der Waals surface area (Å²) in [5.74, 6) is 0.298. The molecule has 0 bridgehead atoms. The number of rotatable bonds is 2. The van der Waals surface area contributed by atoms with Gasteiger partial charge in [-0.2, -0.15) is 0 Å². The normalized spacial score (nSPS) is 32.5. The van der Waals surface area contributed by atoms with Gasteiger partial charge in [0.05, 0.1) is 27.3 Å². The van der Waals surface area contributed by atoms with Gasteiger partial charge in [0.1, 0.15) is 0 Å². The van der Waals surface area contributed by atoms with Crippen molar-refractivity contribution in [2.45, 2.75) is 57.1 Å². The number of aliphatic hydroxyl groups excluding tert-OH is 1. The van der Waals surface area contributed by atoms with Crippen molar-refractivity contribution in [1.29, 1.82) is 0 Å². The Kier molecular flexibility index (Phi) is 5.10. The summed E-state index contributed by atoms with van der Waals surface area (Å²) in [7, 11) is 0. The van der Waals surface area contributed by atoms with Gasteiger partial charge in [0.25, 0.3) is 0 Å². The first kappa shape index (κ1) is 18.4. The number of anilines is 1. The second-order valence-electron chi connectivity index (χ2n) is 8.09. The molecule has 6 heteroatoms. The Morgan fingerprint density at radius 3 is 2.42 bits per heavy atom. The molecule has 1 amide bonds. The van der Waals surface area contributed by atoms with Gasteiger partial charge in [-0.3, -0.25) is 4.79 Å². The molecule has 142 valence electrons. The molecule has 4 rings (SSSR count). The number of hydrogen-bond donors (Lipinski definition) is 1. The number of carbonyl (C=O) groups excluding carboxylic acids is 1. The fraction of sp³-hybridized carbons (Fsp3) is 0.650. The van der Waals surface area contributed by atoms with Crippen molar-refractivity contribution in [2.24, 2.45) is 5.41 Å². The van der Waals surface area contributed by atoms with Crippen molar-refractivity contribution in [3.8, 4) is 0 Å². The summed E-state index contributed by atoms with van der Waals surface area (Å²) >= 11 is 12.8. The van der Waals surface area contributed by atoms with Gasteiger partial charge < -0.3 is 14.9 Å². The van der Waals surface area contributed by atoms with Crippen LogP contribution in [0.4, 0.5) is 5.69 Å². The molecule has 4 nitrogen and oxygen atoms in total. The lowest BCUT2D eigenvalue weighted by Crippen LogP contribution is -2.50. The van der Waals surface area contributed by atoms with E-state index < -0.39 is 0 Å². The highest BCUT2D eigenvalue weighted by atomic mass is 35.5. The van der Waals surface area contributed by atoms with E-state index in [0.717, 1.165) is 63.7 Å². The molecule has 0 radical (unpaired) electrons. The smallest absolute Gasteiger partial charge is 0.230 e. The minimum absolute atomic E-state index is 0.189. The van der Waals surface area contributed by atoms with Gasteiger partial charge in [-0.05, 0) is 57.1 Å². The van der Waals surface area contributed by atoms with E-state index in [1.165, 1.54) is 0 Å². The number of carbonyl (C=O) groups is 1. The minimum Gasteiger partial charge on any atom is -0.393 e. The summed E-state index contributed by atoms with van der Waals surface area (Å²) < 4.78 is 0. The Bertz CT molecular complexity index is 670. The molecule has 26 heavy (non-hydrogen) atoms. The summed E-state index contributed by atoms with van der Waals surface area (Å²) in [4.78, 5) is 17.7. The minimum atomic E-state index is -0.309. The Labute approximate surface area is 165 Å². The standard InChI is InChI=1S/C20H26Cl2N2O2/c21-16-3-1-4-17(22)18(16)23-11-2-9-20(13-23)10-12-24(19(20)26)14-5-7-15(25)8-6-14/h1,3-4,14-15,25H,2,5-13H2/t14?,15?,20-/m0/s1. The van der Waals surface area contributed by atoms with Crippen molar-refractivity contribution >= 4 is 34.8 Å². The lowest BCUT2D eigenvalue weighted by molar-refractivity contribution is -0.139. The first-order chi connectivity index (χ1) is 12.5. The maximum Gasteiger partial charge on any atom is 0.230 e. The fourth-order valence-electron chi connectivity index (χ4n) is 5.06. The summed E-state index contributed by atoms with van der Waals surface area (Å²) in [5, 5.41) is 11.1. The van der Waals surface area contributed by atoms with Crippen molar-refractivity contribution in [3.63, 3.8) is 0 Å². The highest BCUT2D eigenvalue weighted by Crippen LogP contribution is 2.45. The molecule has 1 aromatic carbocycles. The summed E-state index contributed by atoms with van der Waals surface area (Å²) in [6, 6.07) is 5.87. The third-order valence-electron chi connectivity index (χ3n) is 6.48. The monoisotopic (exact) mass is 396 g/mol. The lowest BCUT2D eigenvalue weighted by Gasteiger charge is -2.42. The zero-order valence-electron chi connectivity index (χ0n) is 15.0. The topological polar surface area (TPSA) is 43.8 Å². The number of hydrogen-bond acceptors (Lipinski definition) is 3. The average Bonchev–Trinajstić information content (AvgIpc) is 2.92. The van der Waals surface area contributed by atoms with Gasteiger partial charge in [-0.25, -0.2) is 0 Å². The van der Waals surface area contributed by atoms with Crippen molar-refractivity contribution in [3.05, 3.63) is 28.2 Å². The molecule has 1 N–H and O–H groups in total. The average molecular weight is 397 g/mol. The molecule has 1 atom stereocenters. The number of likely N-dealkylation sites (tertiary alicyclic amines) is 1. The Morgan fingerprint density at radius 1 is 1.04 bits per heavy atom. The molecule has 2 aliphatic heterocycles. The van der Waals surface area contributed by atoms with Crippen LogP contribution in [0.25, 0.3) is 0 Å². The maximum atomic E-state index is 13.4. The van der Waals surface area contributed by atoms with E-state index in [1.54, 1.807) is 0 Å². The lowest BCUT2D eigenvalue weighted by atomic mass is 9.78. The number of amides is 1. The van der Waals surface area contributed by atoms with Crippen LogP contribution < -0.4 is 4.90 Å². The highest BCUT2D eigenvalue weighted by molar-refractivity contribution is 6.39. The predicted octanol–water partition coefficient (Wildman–Crippen LogP) is 4.12. The van der Waals surface area contributed by atoms with Gasteiger partial charge in [0.2, 0.25) is 5.91 Å². The first-order valence-electron chi connectivity index (χ1n) is 9.68. The molecular formula is C20H26Cl2N2O2. The molecule has 3 fully saturated rings. The van der Waals surface area contributed by atoms with E-state index in [-0.39, 0.29) is 11.5 Å². The number of aliphatic hydroxyl groups is 1. The summed E-state index contributed by atoms with van der Waals surface area (Å²) in [6.45, 7) is 2.42. The number of nitrogens with zero attached hydrogens (tertiary/aromatic N) is 2. The van der Waals surface area contributed by atoms with Gasteiger partial charge in [0, 0.05) is 25.7 Å². The van der Waals surface area contributed by atoms with E-state index in [0.29, 0.717) is 28.5 Å². The van der Waals surface area contributed by atoms with Crippen LogP contribution in [0.3, 0.4) is 0 Å². The molecule has 1 spiro atoms. The van der Waals surface area contributed by atoms with Crippen molar-refractivity contribution in [2.75, 3.05) is 24.5 Å². The highest BCUT2D eigenvalue weighted by Gasteiger charge is 2.50. The van der Waals surface area contributed by atoms with Crippen LogP contribution in [0.5, 0.6) is 0 Å².